The Morgan fingerprint density at radius 3 is 2.43 bits per heavy atom. The van der Waals surface area contributed by atoms with Gasteiger partial charge in [-0.25, -0.2) is 0 Å². The molecule has 0 atom stereocenters. The summed E-state index contributed by atoms with van der Waals surface area (Å²) in [5, 5.41) is 0. The molecule has 23 heavy (non-hydrogen) atoms. The maximum Gasteiger partial charge on any atom is 0.270 e. The molecular formula is C19H25N3O. The Hall–Kier alpha value is -2.07. The molecule has 0 unspecified atom stereocenters. The van der Waals surface area contributed by atoms with Gasteiger partial charge in [0, 0.05) is 31.9 Å². The van der Waals surface area contributed by atoms with Gasteiger partial charge >= 0.3 is 0 Å². The fourth-order valence-corrected chi connectivity index (χ4v) is 3.27. The first-order valence-electron chi connectivity index (χ1n) is 8.30. The molecule has 1 saturated heterocycles. The molecule has 2 heterocycles. The first kappa shape index (κ1) is 15.8. The zero-order valence-electron chi connectivity index (χ0n) is 14.0. The lowest BCUT2D eigenvalue weighted by Gasteiger charge is -2.35. The molecule has 1 aromatic heterocycles. The molecule has 0 bridgehead atoms. The molecule has 1 amide bonds. The van der Waals surface area contributed by atoms with Crippen LogP contribution < -0.4 is 0 Å². The molecule has 4 heteroatoms. The van der Waals surface area contributed by atoms with Gasteiger partial charge in [0.15, 0.2) is 0 Å². The lowest BCUT2D eigenvalue weighted by molar-refractivity contribution is 0.0653. The van der Waals surface area contributed by atoms with Crippen molar-refractivity contribution in [3.05, 3.63) is 59.9 Å². The van der Waals surface area contributed by atoms with Gasteiger partial charge in [0.25, 0.3) is 5.91 Å². The van der Waals surface area contributed by atoms with E-state index in [0.29, 0.717) is 6.04 Å². The number of nitrogens with zero attached hydrogens (tertiary/aromatic N) is 3. The summed E-state index contributed by atoms with van der Waals surface area (Å²) in [5.41, 5.74) is 2.00. The number of amides is 1. The van der Waals surface area contributed by atoms with Crippen LogP contribution in [0.4, 0.5) is 0 Å². The average molecular weight is 311 g/mol. The highest BCUT2D eigenvalue weighted by atomic mass is 16.2. The first-order chi connectivity index (χ1) is 11.1. The number of carbonyl (C=O) groups is 1. The Bertz CT molecular complexity index is 640. The van der Waals surface area contributed by atoms with Crippen LogP contribution in [0.1, 0.15) is 28.9 Å². The highest BCUT2D eigenvalue weighted by molar-refractivity contribution is 5.92. The van der Waals surface area contributed by atoms with E-state index in [4.69, 9.17) is 0 Å². The molecule has 1 aliphatic heterocycles. The topological polar surface area (TPSA) is 28.5 Å². The molecule has 4 nitrogen and oxygen atoms in total. The van der Waals surface area contributed by atoms with Crippen LogP contribution >= 0.6 is 0 Å². The zero-order chi connectivity index (χ0) is 16.2. The van der Waals surface area contributed by atoms with E-state index in [1.165, 1.54) is 5.56 Å². The standard InChI is InChI=1S/C19H25N3O/c1-20(2)17-10-13-21(14-11-17)19(23)18-9-6-12-22(18)15-16-7-4-3-5-8-16/h3-9,12,17H,10-11,13-15H2,1-2H3. The maximum absolute atomic E-state index is 12.8. The third-order valence-electron chi connectivity index (χ3n) is 4.73. The molecule has 0 radical (unpaired) electrons. The minimum absolute atomic E-state index is 0.156. The van der Waals surface area contributed by atoms with Crippen LogP contribution in [0.2, 0.25) is 0 Å². The summed E-state index contributed by atoms with van der Waals surface area (Å²) in [4.78, 5) is 17.1. The van der Waals surface area contributed by atoms with Crippen LogP contribution in [0.5, 0.6) is 0 Å². The molecule has 0 spiro atoms. The van der Waals surface area contributed by atoms with Crippen molar-refractivity contribution in [1.82, 2.24) is 14.4 Å². The van der Waals surface area contributed by atoms with E-state index in [9.17, 15) is 4.79 Å². The van der Waals surface area contributed by atoms with Crippen molar-refractivity contribution in [3.8, 4) is 0 Å². The number of aromatic nitrogens is 1. The first-order valence-corrected chi connectivity index (χ1v) is 8.30. The second kappa shape index (κ2) is 7.01. The molecule has 0 saturated carbocycles. The van der Waals surface area contributed by atoms with Gasteiger partial charge in [0.05, 0.1) is 0 Å². The Morgan fingerprint density at radius 1 is 1.09 bits per heavy atom. The monoisotopic (exact) mass is 311 g/mol. The summed E-state index contributed by atoms with van der Waals surface area (Å²) in [6, 6.07) is 14.8. The second-order valence-electron chi connectivity index (χ2n) is 6.49. The van der Waals surface area contributed by atoms with Gasteiger partial charge in [-0.05, 0) is 44.6 Å². The van der Waals surface area contributed by atoms with Crippen LogP contribution in [-0.2, 0) is 6.54 Å². The van der Waals surface area contributed by atoms with Crippen molar-refractivity contribution in [3.63, 3.8) is 0 Å². The van der Waals surface area contributed by atoms with Crippen LogP contribution in [0.25, 0.3) is 0 Å². The fourth-order valence-electron chi connectivity index (χ4n) is 3.27. The number of hydrogen-bond acceptors (Lipinski definition) is 2. The minimum Gasteiger partial charge on any atom is -0.339 e. The Labute approximate surface area is 138 Å². The predicted octanol–water partition coefficient (Wildman–Crippen LogP) is 2.70. The number of rotatable bonds is 4. The molecule has 1 aromatic carbocycles. The molecule has 3 rings (SSSR count). The largest absolute Gasteiger partial charge is 0.339 e. The van der Waals surface area contributed by atoms with Gasteiger partial charge in [0.2, 0.25) is 0 Å². The molecule has 1 aliphatic rings. The summed E-state index contributed by atoms with van der Waals surface area (Å²) in [6.45, 7) is 2.43. The molecule has 0 aliphatic carbocycles. The van der Waals surface area contributed by atoms with Crippen LogP contribution in [0.3, 0.4) is 0 Å². The van der Waals surface area contributed by atoms with Crippen molar-refractivity contribution in [2.45, 2.75) is 25.4 Å². The Kier molecular flexibility index (Phi) is 4.82. The molecule has 122 valence electrons. The van der Waals surface area contributed by atoms with E-state index in [1.54, 1.807) is 0 Å². The Morgan fingerprint density at radius 2 is 1.78 bits per heavy atom. The molecule has 1 fully saturated rings. The molecular weight excluding hydrogens is 286 g/mol. The average Bonchev–Trinajstić information content (AvgIpc) is 3.03. The summed E-state index contributed by atoms with van der Waals surface area (Å²) in [6.07, 6.45) is 4.10. The van der Waals surface area contributed by atoms with Gasteiger partial charge < -0.3 is 14.4 Å². The summed E-state index contributed by atoms with van der Waals surface area (Å²) in [5.74, 6) is 0.156. The van der Waals surface area contributed by atoms with E-state index in [1.807, 2.05) is 41.4 Å². The van der Waals surface area contributed by atoms with Crippen LogP contribution in [0, 0.1) is 0 Å². The maximum atomic E-state index is 12.8. The third-order valence-corrected chi connectivity index (χ3v) is 4.73. The van der Waals surface area contributed by atoms with E-state index in [2.05, 4.69) is 35.7 Å². The quantitative estimate of drug-likeness (QED) is 0.868. The number of benzene rings is 1. The van der Waals surface area contributed by atoms with Gasteiger partial charge in [-0.1, -0.05) is 30.3 Å². The molecule has 0 N–H and O–H groups in total. The van der Waals surface area contributed by atoms with Gasteiger partial charge in [-0.3, -0.25) is 4.79 Å². The lowest BCUT2D eigenvalue weighted by Crippen LogP contribution is -2.44. The van der Waals surface area contributed by atoms with Crippen molar-refractivity contribution in [1.29, 1.82) is 0 Å². The van der Waals surface area contributed by atoms with E-state index in [-0.39, 0.29) is 5.91 Å². The normalized spacial score (nSPS) is 16.0. The summed E-state index contributed by atoms with van der Waals surface area (Å²) in [7, 11) is 4.24. The highest BCUT2D eigenvalue weighted by Crippen LogP contribution is 2.17. The number of hydrogen-bond donors (Lipinski definition) is 0. The van der Waals surface area contributed by atoms with E-state index < -0.39 is 0 Å². The van der Waals surface area contributed by atoms with Crippen molar-refractivity contribution in [2.75, 3.05) is 27.2 Å². The van der Waals surface area contributed by atoms with E-state index >= 15 is 0 Å². The van der Waals surface area contributed by atoms with Gasteiger partial charge in [0.1, 0.15) is 5.69 Å². The fraction of sp³-hybridized carbons (Fsp3) is 0.421. The molecule has 2 aromatic rings. The zero-order valence-corrected chi connectivity index (χ0v) is 14.0. The lowest BCUT2D eigenvalue weighted by atomic mass is 10.0. The van der Waals surface area contributed by atoms with Crippen molar-refractivity contribution in [2.24, 2.45) is 0 Å². The van der Waals surface area contributed by atoms with Gasteiger partial charge in [-0.15, -0.1) is 0 Å². The van der Waals surface area contributed by atoms with E-state index in [0.717, 1.165) is 38.2 Å². The number of piperidine rings is 1. The van der Waals surface area contributed by atoms with Crippen LogP contribution in [-0.4, -0.2) is 53.5 Å². The van der Waals surface area contributed by atoms with Crippen molar-refractivity contribution < 1.29 is 4.79 Å². The second-order valence-corrected chi connectivity index (χ2v) is 6.49. The Balaban J connectivity index is 1.68. The van der Waals surface area contributed by atoms with Crippen LogP contribution in [0.15, 0.2) is 48.7 Å². The highest BCUT2D eigenvalue weighted by Gasteiger charge is 2.25. The summed E-state index contributed by atoms with van der Waals surface area (Å²) < 4.78 is 2.05. The predicted molar refractivity (Wildman–Crippen MR) is 92.6 cm³/mol. The van der Waals surface area contributed by atoms with Crippen molar-refractivity contribution >= 4 is 5.91 Å². The summed E-state index contributed by atoms with van der Waals surface area (Å²) >= 11 is 0. The smallest absolute Gasteiger partial charge is 0.270 e. The third kappa shape index (κ3) is 3.64. The SMILES string of the molecule is CN(C)C1CCN(C(=O)c2cccn2Cc2ccccc2)CC1. The minimum atomic E-state index is 0.156. The number of carbonyl (C=O) groups excluding carboxylic acids is 1. The number of likely N-dealkylation sites (tertiary alicyclic amines) is 1. The van der Waals surface area contributed by atoms with Gasteiger partial charge in [-0.2, -0.15) is 0 Å².